The molecule has 1 aromatic carbocycles. The number of ether oxygens (including phenoxy) is 1. The van der Waals surface area contributed by atoms with Gasteiger partial charge in [0.05, 0.1) is 29.3 Å². The number of halogens is 1. The Kier molecular flexibility index (Phi) is 6.74. The lowest BCUT2D eigenvalue weighted by Gasteiger charge is -2.32. The maximum absolute atomic E-state index is 13.4. The third-order valence-corrected chi connectivity index (χ3v) is 6.25. The number of rotatable bonds is 7. The van der Waals surface area contributed by atoms with Crippen LogP contribution in [0.3, 0.4) is 0 Å². The number of sulfonamides is 1. The molecule has 11 heteroatoms. The zero-order valence-electron chi connectivity index (χ0n) is 16.7. The Labute approximate surface area is 178 Å². The zero-order chi connectivity index (χ0) is 22.6. The molecular formula is C20H22FN3O6S. The van der Waals surface area contributed by atoms with Crippen molar-refractivity contribution in [2.24, 2.45) is 5.92 Å². The van der Waals surface area contributed by atoms with Crippen molar-refractivity contribution in [2.75, 3.05) is 29.3 Å². The van der Waals surface area contributed by atoms with E-state index in [0.717, 1.165) is 12.1 Å². The van der Waals surface area contributed by atoms with Crippen LogP contribution in [-0.4, -0.2) is 50.1 Å². The van der Waals surface area contributed by atoms with Crippen LogP contribution in [0.25, 0.3) is 0 Å². The van der Waals surface area contributed by atoms with E-state index in [2.05, 4.69) is 9.71 Å². The number of piperidine rings is 1. The number of carbonyl (C=O) groups excluding carboxylic acids is 1. The molecular weight excluding hydrogens is 429 g/mol. The minimum absolute atomic E-state index is 0.0631. The summed E-state index contributed by atoms with van der Waals surface area (Å²) in [5.74, 6) is -2.32. The molecule has 0 spiro atoms. The molecule has 166 valence electrons. The van der Waals surface area contributed by atoms with Gasteiger partial charge in [0, 0.05) is 13.1 Å². The van der Waals surface area contributed by atoms with Crippen LogP contribution in [0, 0.1) is 11.7 Å². The monoisotopic (exact) mass is 451 g/mol. The van der Waals surface area contributed by atoms with Crippen LogP contribution in [0.4, 0.5) is 15.9 Å². The Balaban J connectivity index is 1.79. The Hall–Kier alpha value is -3.21. The van der Waals surface area contributed by atoms with Gasteiger partial charge in [-0.1, -0.05) is 6.07 Å². The van der Waals surface area contributed by atoms with E-state index in [1.54, 1.807) is 11.8 Å². The summed E-state index contributed by atoms with van der Waals surface area (Å²) in [4.78, 5) is 29.3. The Morgan fingerprint density at radius 2 is 2.00 bits per heavy atom. The van der Waals surface area contributed by atoms with Crippen LogP contribution in [0.1, 0.15) is 30.1 Å². The first-order valence-electron chi connectivity index (χ1n) is 9.64. The van der Waals surface area contributed by atoms with Crippen LogP contribution in [0.2, 0.25) is 0 Å². The Morgan fingerprint density at radius 3 is 2.61 bits per heavy atom. The normalized spacial score (nSPS) is 14.8. The van der Waals surface area contributed by atoms with E-state index >= 15 is 0 Å². The lowest BCUT2D eigenvalue weighted by molar-refractivity contribution is -0.148. The van der Waals surface area contributed by atoms with E-state index in [0.29, 0.717) is 32.5 Å². The molecule has 0 radical (unpaired) electrons. The van der Waals surface area contributed by atoms with E-state index < -0.39 is 21.8 Å². The maximum atomic E-state index is 13.4. The minimum Gasteiger partial charge on any atom is -0.478 e. The molecule has 2 N–H and O–H groups in total. The van der Waals surface area contributed by atoms with Crippen LogP contribution in [0.5, 0.6) is 0 Å². The van der Waals surface area contributed by atoms with Crippen molar-refractivity contribution in [1.29, 1.82) is 0 Å². The van der Waals surface area contributed by atoms with Gasteiger partial charge in [0.2, 0.25) is 0 Å². The molecule has 0 aliphatic carbocycles. The fourth-order valence-corrected chi connectivity index (χ4v) is 4.42. The summed E-state index contributed by atoms with van der Waals surface area (Å²) in [6.45, 7) is 2.85. The predicted molar refractivity (Wildman–Crippen MR) is 110 cm³/mol. The number of carboxylic acid groups (broad SMARTS) is 1. The number of nitrogens with one attached hydrogen (secondary N) is 1. The molecule has 31 heavy (non-hydrogen) atoms. The summed E-state index contributed by atoms with van der Waals surface area (Å²) in [6.07, 6.45) is 2.19. The van der Waals surface area contributed by atoms with Crippen molar-refractivity contribution in [3.8, 4) is 0 Å². The van der Waals surface area contributed by atoms with Crippen molar-refractivity contribution < 1.29 is 32.2 Å². The van der Waals surface area contributed by atoms with Gasteiger partial charge in [-0.25, -0.2) is 22.6 Å². The molecule has 1 aliphatic heterocycles. The van der Waals surface area contributed by atoms with E-state index in [9.17, 15) is 27.5 Å². The maximum Gasteiger partial charge on any atom is 0.339 e. The highest BCUT2D eigenvalue weighted by Crippen LogP contribution is 2.28. The van der Waals surface area contributed by atoms with Gasteiger partial charge in [0.15, 0.2) is 0 Å². The molecule has 1 aliphatic rings. The molecule has 0 saturated carbocycles. The van der Waals surface area contributed by atoms with E-state index in [1.807, 2.05) is 0 Å². The molecule has 0 amide bonds. The molecule has 9 nitrogen and oxygen atoms in total. The van der Waals surface area contributed by atoms with E-state index in [1.165, 1.54) is 24.4 Å². The zero-order valence-corrected chi connectivity index (χ0v) is 17.6. The van der Waals surface area contributed by atoms with Gasteiger partial charge in [-0.15, -0.1) is 0 Å². The quantitative estimate of drug-likeness (QED) is 0.615. The van der Waals surface area contributed by atoms with Crippen LogP contribution in [-0.2, 0) is 19.6 Å². The van der Waals surface area contributed by atoms with Gasteiger partial charge < -0.3 is 14.7 Å². The molecule has 2 aromatic rings. The second-order valence-corrected chi connectivity index (χ2v) is 8.66. The van der Waals surface area contributed by atoms with Gasteiger partial charge in [-0.2, -0.15) is 0 Å². The van der Waals surface area contributed by atoms with Crippen molar-refractivity contribution in [3.05, 3.63) is 47.9 Å². The molecule has 0 unspecified atom stereocenters. The lowest BCUT2D eigenvalue weighted by atomic mass is 9.96. The minimum atomic E-state index is -4.13. The first kappa shape index (κ1) is 22.5. The SMILES string of the molecule is CCOC(=O)C1CCN(c2ncc(NS(=O)(=O)c3cccc(F)c3)cc2C(=O)O)CC1. The summed E-state index contributed by atoms with van der Waals surface area (Å²) >= 11 is 0. The first-order chi connectivity index (χ1) is 14.7. The van der Waals surface area contributed by atoms with Crippen LogP contribution < -0.4 is 9.62 Å². The van der Waals surface area contributed by atoms with Gasteiger partial charge in [0.25, 0.3) is 10.0 Å². The largest absolute Gasteiger partial charge is 0.478 e. The van der Waals surface area contributed by atoms with E-state index in [4.69, 9.17) is 4.74 Å². The topological polar surface area (TPSA) is 126 Å². The van der Waals surface area contributed by atoms with Crippen molar-refractivity contribution in [1.82, 2.24) is 4.98 Å². The number of hydrogen-bond donors (Lipinski definition) is 2. The summed E-state index contributed by atoms with van der Waals surface area (Å²) in [5.41, 5.74) is -0.249. The van der Waals surface area contributed by atoms with Gasteiger partial charge in [-0.3, -0.25) is 9.52 Å². The average molecular weight is 451 g/mol. The van der Waals surface area contributed by atoms with Gasteiger partial charge in [0.1, 0.15) is 17.2 Å². The lowest BCUT2D eigenvalue weighted by Crippen LogP contribution is -2.38. The van der Waals surface area contributed by atoms with Crippen LogP contribution >= 0.6 is 0 Å². The highest BCUT2D eigenvalue weighted by Gasteiger charge is 2.29. The van der Waals surface area contributed by atoms with Crippen molar-refractivity contribution in [3.63, 3.8) is 0 Å². The van der Waals surface area contributed by atoms with Crippen LogP contribution in [0.15, 0.2) is 41.4 Å². The molecule has 1 fully saturated rings. The van der Waals surface area contributed by atoms with Gasteiger partial charge >= 0.3 is 11.9 Å². The fourth-order valence-electron chi connectivity index (χ4n) is 3.36. The molecule has 0 atom stereocenters. The second-order valence-electron chi connectivity index (χ2n) is 6.98. The summed E-state index contributed by atoms with van der Waals surface area (Å²) in [5, 5.41) is 9.62. The average Bonchev–Trinajstić information content (AvgIpc) is 2.74. The number of aromatic nitrogens is 1. The summed E-state index contributed by atoms with van der Waals surface area (Å²) in [6, 6.07) is 5.62. The Bertz CT molecular complexity index is 1080. The predicted octanol–water partition coefficient (Wildman–Crippen LogP) is 2.50. The van der Waals surface area contributed by atoms with Crippen molar-refractivity contribution >= 4 is 33.5 Å². The summed E-state index contributed by atoms with van der Waals surface area (Å²) < 4.78 is 45.6. The third-order valence-electron chi connectivity index (χ3n) is 4.87. The second kappa shape index (κ2) is 9.29. The number of benzene rings is 1. The number of nitrogens with zero attached hydrogens (tertiary/aromatic N) is 2. The third kappa shape index (κ3) is 5.29. The number of carbonyl (C=O) groups is 2. The van der Waals surface area contributed by atoms with Gasteiger partial charge in [-0.05, 0) is 44.0 Å². The number of carboxylic acids is 1. The molecule has 0 bridgehead atoms. The number of hydrogen-bond acceptors (Lipinski definition) is 7. The van der Waals surface area contributed by atoms with Crippen molar-refractivity contribution in [2.45, 2.75) is 24.7 Å². The molecule has 3 rings (SSSR count). The number of pyridine rings is 1. The first-order valence-corrected chi connectivity index (χ1v) is 11.1. The fraction of sp³-hybridized carbons (Fsp3) is 0.350. The Morgan fingerprint density at radius 1 is 1.29 bits per heavy atom. The highest BCUT2D eigenvalue weighted by atomic mass is 32.2. The number of aromatic carboxylic acids is 1. The van der Waals surface area contributed by atoms with E-state index in [-0.39, 0.29) is 33.9 Å². The summed E-state index contributed by atoms with van der Waals surface area (Å²) in [7, 11) is -4.13. The highest BCUT2D eigenvalue weighted by molar-refractivity contribution is 7.92. The molecule has 2 heterocycles. The standard InChI is InChI=1S/C20H22FN3O6S/c1-2-30-20(27)13-6-8-24(9-7-13)18-17(19(25)26)11-15(12-22-18)23-31(28,29)16-5-3-4-14(21)10-16/h3-5,10-13,23H,2,6-9H2,1H3,(H,25,26). The number of esters is 1. The molecule has 1 aromatic heterocycles. The molecule has 1 saturated heterocycles. The number of anilines is 2. The smallest absolute Gasteiger partial charge is 0.339 e.